The van der Waals surface area contributed by atoms with E-state index in [1.165, 1.54) is 0 Å². The van der Waals surface area contributed by atoms with Crippen LogP contribution in [0.3, 0.4) is 0 Å². The third-order valence-electron chi connectivity index (χ3n) is 2.70. The van der Waals surface area contributed by atoms with E-state index in [9.17, 15) is 4.79 Å². The molecule has 1 aromatic rings. The van der Waals surface area contributed by atoms with E-state index in [1.807, 2.05) is 6.92 Å². The topological polar surface area (TPSA) is 65.6 Å². The standard InChI is InChI=1S/C11H15BrN2O3/c1-7-4-14(5-9(6-15)17-7)11(16)10-2-8(12)3-13-10/h2-3,7,9,13,15H,4-6H2,1H3. The molecular formula is C11H15BrN2O3. The molecule has 2 atom stereocenters. The number of hydrogen-bond acceptors (Lipinski definition) is 3. The van der Waals surface area contributed by atoms with Crippen molar-refractivity contribution in [2.24, 2.45) is 0 Å². The number of hydrogen-bond donors (Lipinski definition) is 2. The summed E-state index contributed by atoms with van der Waals surface area (Å²) in [6, 6.07) is 1.75. The first-order chi connectivity index (χ1) is 8.10. The number of aromatic nitrogens is 1. The maximum atomic E-state index is 12.2. The molecule has 2 N–H and O–H groups in total. The Balaban J connectivity index is 2.08. The number of ether oxygens (including phenoxy) is 1. The monoisotopic (exact) mass is 302 g/mol. The van der Waals surface area contributed by atoms with Crippen molar-refractivity contribution in [2.75, 3.05) is 19.7 Å². The predicted molar refractivity (Wildman–Crippen MR) is 65.8 cm³/mol. The highest BCUT2D eigenvalue weighted by Crippen LogP contribution is 2.16. The van der Waals surface area contributed by atoms with E-state index >= 15 is 0 Å². The molecule has 6 heteroatoms. The Morgan fingerprint density at radius 3 is 3.06 bits per heavy atom. The van der Waals surface area contributed by atoms with E-state index < -0.39 is 0 Å². The van der Waals surface area contributed by atoms with Gasteiger partial charge in [0, 0.05) is 23.8 Å². The molecule has 2 rings (SSSR count). The van der Waals surface area contributed by atoms with Gasteiger partial charge in [0.15, 0.2) is 0 Å². The van der Waals surface area contributed by atoms with Crippen LogP contribution >= 0.6 is 15.9 Å². The van der Waals surface area contributed by atoms with Crippen LogP contribution in [-0.2, 0) is 4.74 Å². The number of H-pyrrole nitrogens is 1. The lowest BCUT2D eigenvalue weighted by Crippen LogP contribution is -2.50. The third-order valence-corrected chi connectivity index (χ3v) is 3.15. The molecule has 0 saturated carbocycles. The molecule has 0 aromatic carbocycles. The van der Waals surface area contributed by atoms with Gasteiger partial charge in [-0.05, 0) is 28.9 Å². The van der Waals surface area contributed by atoms with E-state index in [2.05, 4.69) is 20.9 Å². The van der Waals surface area contributed by atoms with Crippen molar-refractivity contribution in [1.29, 1.82) is 0 Å². The van der Waals surface area contributed by atoms with Crippen molar-refractivity contribution in [3.63, 3.8) is 0 Å². The van der Waals surface area contributed by atoms with Crippen LogP contribution in [0.2, 0.25) is 0 Å². The van der Waals surface area contributed by atoms with Gasteiger partial charge in [0.25, 0.3) is 5.91 Å². The molecule has 0 radical (unpaired) electrons. The number of aliphatic hydroxyl groups excluding tert-OH is 1. The van der Waals surface area contributed by atoms with Crippen LogP contribution in [0.5, 0.6) is 0 Å². The van der Waals surface area contributed by atoms with Crippen LogP contribution in [0.1, 0.15) is 17.4 Å². The van der Waals surface area contributed by atoms with Crippen LogP contribution in [0.25, 0.3) is 0 Å². The second-order valence-corrected chi connectivity index (χ2v) is 5.11. The average molecular weight is 303 g/mol. The summed E-state index contributed by atoms with van der Waals surface area (Å²) in [6.07, 6.45) is 1.38. The smallest absolute Gasteiger partial charge is 0.270 e. The molecular weight excluding hydrogens is 288 g/mol. The van der Waals surface area contributed by atoms with Gasteiger partial charge in [-0.2, -0.15) is 0 Å². The van der Waals surface area contributed by atoms with E-state index in [0.29, 0.717) is 18.8 Å². The summed E-state index contributed by atoms with van der Waals surface area (Å²) in [5, 5.41) is 9.10. The number of morpholine rings is 1. The minimum absolute atomic E-state index is 0.0525. The zero-order valence-electron chi connectivity index (χ0n) is 9.52. The molecule has 0 aliphatic carbocycles. The molecule has 1 aliphatic rings. The lowest BCUT2D eigenvalue weighted by molar-refractivity contribution is -0.0859. The van der Waals surface area contributed by atoms with Crippen molar-refractivity contribution in [3.05, 3.63) is 22.4 Å². The van der Waals surface area contributed by atoms with Gasteiger partial charge in [-0.25, -0.2) is 0 Å². The largest absolute Gasteiger partial charge is 0.394 e. The Bertz CT molecular complexity index is 407. The van der Waals surface area contributed by atoms with Gasteiger partial charge in [-0.3, -0.25) is 4.79 Å². The molecule has 1 aliphatic heterocycles. The number of nitrogens with zero attached hydrogens (tertiary/aromatic N) is 1. The normalized spacial score (nSPS) is 25.0. The van der Waals surface area contributed by atoms with Gasteiger partial charge >= 0.3 is 0 Å². The summed E-state index contributed by atoms with van der Waals surface area (Å²) in [4.78, 5) is 16.8. The number of rotatable bonds is 2. The van der Waals surface area contributed by atoms with Crippen LogP contribution < -0.4 is 0 Å². The molecule has 1 aromatic heterocycles. The highest BCUT2D eigenvalue weighted by atomic mass is 79.9. The van der Waals surface area contributed by atoms with Crippen LogP contribution in [-0.4, -0.2) is 52.8 Å². The lowest BCUT2D eigenvalue weighted by Gasteiger charge is -2.35. The molecule has 2 heterocycles. The number of carbonyl (C=O) groups is 1. The summed E-state index contributed by atoms with van der Waals surface area (Å²) in [7, 11) is 0. The van der Waals surface area contributed by atoms with Gasteiger partial charge in [0.05, 0.1) is 18.8 Å². The second-order valence-electron chi connectivity index (χ2n) is 4.19. The molecule has 1 fully saturated rings. The first-order valence-electron chi connectivity index (χ1n) is 5.49. The van der Waals surface area contributed by atoms with E-state index in [-0.39, 0.29) is 24.7 Å². The average Bonchev–Trinajstić information content (AvgIpc) is 2.74. The molecule has 0 spiro atoms. The maximum Gasteiger partial charge on any atom is 0.270 e. The Labute approximate surface area is 108 Å². The van der Waals surface area contributed by atoms with Crippen LogP contribution in [0, 0.1) is 0 Å². The predicted octanol–water partition coefficient (Wildman–Crippen LogP) is 0.999. The fraction of sp³-hybridized carbons (Fsp3) is 0.545. The quantitative estimate of drug-likeness (QED) is 0.856. The Morgan fingerprint density at radius 1 is 1.71 bits per heavy atom. The fourth-order valence-corrected chi connectivity index (χ4v) is 2.32. The molecule has 2 unspecified atom stereocenters. The van der Waals surface area contributed by atoms with Gasteiger partial charge in [0.2, 0.25) is 0 Å². The minimum Gasteiger partial charge on any atom is -0.394 e. The molecule has 0 bridgehead atoms. The molecule has 5 nitrogen and oxygen atoms in total. The number of aromatic amines is 1. The van der Waals surface area contributed by atoms with Crippen molar-refractivity contribution in [1.82, 2.24) is 9.88 Å². The van der Waals surface area contributed by atoms with Crippen LogP contribution in [0.15, 0.2) is 16.7 Å². The number of aliphatic hydroxyl groups is 1. The van der Waals surface area contributed by atoms with E-state index in [1.54, 1.807) is 17.2 Å². The SMILES string of the molecule is CC1CN(C(=O)c2cc(Br)c[nH]2)CC(CO)O1. The van der Waals surface area contributed by atoms with Crippen molar-refractivity contribution < 1.29 is 14.6 Å². The molecule has 1 amide bonds. The Morgan fingerprint density at radius 2 is 2.47 bits per heavy atom. The van der Waals surface area contributed by atoms with Crippen molar-refractivity contribution in [2.45, 2.75) is 19.1 Å². The highest BCUT2D eigenvalue weighted by molar-refractivity contribution is 9.10. The van der Waals surface area contributed by atoms with E-state index in [0.717, 1.165) is 4.47 Å². The zero-order chi connectivity index (χ0) is 12.4. The second kappa shape index (κ2) is 5.20. The molecule has 1 saturated heterocycles. The summed E-state index contributed by atoms with van der Waals surface area (Å²) >= 11 is 3.30. The maximum absolute atomic E-state index is 12.2. The summed E-state index contributed by atoms with van der Waals surface area (Å²) in [5.74, 6) is -0.0655. The van der Waals surface area contributed by atoms with Gasteiger partial charge in [-0.1, -0.05) is 0 Å². The molecule has 94 valence electrons. The number of halogens is 1. The first-order valence-corrected chi connectivity index (χ1v) is 6.29. The first kappa shape index (κ1) is 12.6. The Kier molecular flexibility index (Phi) is 3.86. The van der Waals surface area contributed by atoms with Gasteiger partial charge in [0.1, 0.15) is 5.69 Å². The number of carbonyl (C=O) groups excluding carboxylic acids is 1. The van der Waals surface area contributed by atoms with Crippen molar-refractivity contribution >= 4 is 21.8 Å². The lowest BCUT2D eigenvalue weighted by atomic mass is 10.2. The van der Waals surface area contributed by atoms with Gasteiger partial charge in [-0.15, -0.1) is 0 Å². The number of amides is 1. The van der Waals surface area contributed by atoms with Crippen LogP contribution in [0.4, 0.5) is 0 Å². The minimum atomic E-state index is -0.291. The third kappa shape index (κ3) is 2.88. The van der Waals surface area contributed by atoms with Gasteiger partial charge < -0.3 is 19.7 Å². The highest BCUT2D eigenvalue weighted by Gasteiger charge is 2.28. The summed E-state index contributed by atoms with van der Waals surface area (Å²) in [5.41, 5.74) is 0.544. The zero-order valence-corrected chi connectivity index (χ0v) is 11.1. The summed E-state index contributed by atoms with van der Waals surface area (Å²) < 4.78 is 6.34. The Hall–Kier alpha value is -0.850. The van der Waals surface area contributed by atoms with Crippen molar-refractivity contribution in [3.8, 4) is 0 Å². The van der Waals surface area contributed by atoms with E-state index in [4.69, 9.17) is 9.84 Å². The fourth-order valence-electron chi connectivity index (χ4n) is 1.97. The number of nitrogens with one attached hydrogen (secondary N) is 1. The molecule has 17 heavy (non-hydrogen) atoms. The summed E-state index contributed by atoms with van der Waals surface area (Å²) in [6.45, 7) is 2.80.